The highest BCUT2D eigenvalue weighted by atomic mass is 32.2. The second kappa shape index (κ2) is 11.8. The van der Waals surface area contributed by atoms with Crippen LogP contribution in [0.5, 0.6) is 0 Å². The highest BCUT2D eigenvalue weighted by Crippen LogP contribution is 2.37. The summed E-state index contributed by atoms with van der Waals surface area (Å²) in [5.41, 5.74) is 2.87. The van der Waals surface area contributed by atoms with Gasteiger partial charge in [0.1, 0.15) is 10.7 Å². The van der Waals surface area contributed by atoms with E-state index in [-0.39, 0.29) is 11.8 Å². The van der Waals surface area contributed by atoms with Crippen LogP contribution < -0.4 is 10.6 Å². The molecule has 2 amide bonds. The number of aromatic nitrogens is 1. The van der Waals surface area contributed by atoms with Gasteiger partial charge in [0, 0.05) is 17.9 Å². The molecular weight excluding hydrogens is 434 g/mol. The van der Waals surface area contributed by atoms with E-state index in [1.54, 1.807) is 11.8 Å². The Balaban J connectivity index is 1.65. The summed E-state index contributed by atoms with van der Waals surface area (Å²) < 4.78 is 0.757. The lowest BCUT2D eigenvalue weighted by Crippen LogP contribution is -2.24. The first-order chi connectivity index (χ1) is 14.7. The number of anilines is 1. The van der Waals surface area contributed by atoms with Gasteiger partial charge in [0.2, 0.25) is 11.8 Å². The number of benzene rings is 2. The third-order valence-corrected chi connectivity index (χ3v) is 7.07. The van der Waals surface area contributed by atoms with E-state index in [2.05, 4.69) is 27.8 Å². The van der Waals surface area contributed by atoms with Gasteiger partial charge in [0.25, 0.3) is 0 Å². The molecule has 0 saturated heterocycles. The van der Waals surface area contributed by atoms with Crippen molar-refractivity contribution in [2.24, 2.45) is 0 Å². The Bertz CT molecular complexity index is 962. The highest BCUT2D eigenvalue weighted by molar-refractivity contribution is 8.01. The molecule has 0 saturated carbocycles. The Morgan fingerprint density at radius 1 is 0.967 bits per heavy atom. The fraction of sp³-hybridized carbons (Fsp3) is 0.227. The van der Waals surface area contributed by atoms with Crippen molar-refractivity contribution in [2.75, 3.05) is 23.4 Å². The number of rotatable bonds is 10. The zero-order chi connectivity index (χ0) is 21.2. The first kappa shape index (κ1) is 22.4. The van der Waals surface area contributed by atoms with E-state index in [0.717, 1.165) is 21.3 Å². The fourth-order valence-electron chi connectivity index (χ4n) is 2.61. The largest absolute Gasteiger partial charge is 0.356 e. The Morgan fingerprint density at radius 3 is 2.37 bits per heavy atom. The molecule has 0 unspecified atom stereocenters. The van der Waals surface area contributed by atoms with E-state index >= 15 is 0 Å². The normalized spacial score (nSPS) is 10.6. The second-order valence-electron chi connectivity index (χ2n) is 6.29. The average Bonchev–Trinajstić information content (AvgIpc) is 3.16. The number of carbonyl (C=O) groups is 2. The predicted molar refractivity (Wildman–Crippen MR) is 128 cm³/mol. The summed E-state index contributed by atoms with van der Waals surface area (Å²) >= 11 is 4.36. The van der Waals surface area contributed by atoms with Gasteiger partial charge in [0.15, 0.2) is 4.34 Å². The van der Waals surface area contributed by atoms with Crippen molar-refractivity contribution in [1.82, 2.24) is 10.3 Å². The van der Waals surface area contributed by atoms with E-state index in [1.165, 1.54) is 28.7 Å². The van der Waals surface area contributed by atoms with Gasteiger partial charge < -0.3 is 10.6 Å². The summed E-state index contributed by atoms with van der Waals surface area (Å²) in [6.07, 6.45) is 0. The third kappa shape index (κ3) is 6.90. The van der Waals surface area contributed by atoms with Gasteiger partial charge in [-0.05, 0) is 12.5 Å². The lowest BCUT2D eigenvalue weighted by Gasteiger charge is -2.05. The minimum absolute atomic E-state index is 0.0261. The van der Waals surface area contributed by atoms with Crippen LogP contribution in [0.25, 0.3) is 11.3 Å². The van der Waals surface area contributed by atoms with Crippen LogP contribution in [-0.2, 0) is 15.3 Å². The maximum atomic E-state index is 12.5. The number of hydrogen-bond acceptors (Lipinski definition) is 6. The van der Waals surface area contributed by atoms with Crippen LogP contribution in [0.4, 0.5) is 5.00 Å². The minimum atomic E-state index is -0.0583. The molecule has 3 rings (SSSR count). The Hall–Kier alpha value is -2.29. The summed E-state index contributed by atoms with van der Waals surface area (Å²) in [5.74, 6) is 1.37. The summed E-state index contributed by atoms with van der Waals surface area (Å²) in [5, 5.41) is 6.51. The molecule has 8 heteroatoms. The molecule has 30 heavy (non-hydrogen) atoms. The number of amides is 2. The number of nitrogens with one attached hydrogen (secondary N) is 2. The van der Waals surface area contributed by atoms with Crippen LogP contribution in [0.3, 0.4) is 0 Å². The Kier molecular flexibility index (Phi) is 8.80. The molecule has 0 atom stereocenters. The summed E-state index contributed by atoms with van der Waals surface area (Å²) in [7, 11) is 0. The molecule has 0 bridgehead atoms. The Labute approximate surface area is 189 Å². The molecular formula is C22H23N3O2S3. The number of hydrogen-bond donors (Lipinski definition) is 2. The maximum absolute atomic E-state index is 12.5. The second-order valence-corrected chi connectivity index (χ2v) is 9.50. The molecule has 0 fully saturated rings. The first-order valence-corrected chi connectivity index (χ1v) is 12.5. The van der Waals surface area contributed by atoms with Gasteiger partial charge in [-0.15, -0.1) is 11.8 Å². The van der Waals surface area contributed by atoms with Crippen molar-refractivity contribution in [3.05, 3.63) is 66.2 Å². The Morgan fingerprint density at radius 2 is 1.67 bits per heavy atom. The molecule has 156 valence electrons. The number of thiazole rings is 1. The summed E-state index contributed by atoms with van der Waals surface area (Å²) in [6, 6.07) is 19.9. The SMILES string of the molecule is CCNC(=O)CSc1nc(-c2ccccc2)c(NC(=O)CSCc2ccccc2)s1. The van der Waals surface area contributed by atoms with Crippen LogP contribution in [0.1, 0.15) is 12.5 Å². The van der Waals surface area contributed by atoms with Crippen LogP contribution in [0.15, 0.2) is 65.0 Å². The molecule has 0 aliphatic carbocycles. The molecule has 0 spiro atoms. The van der Waals surface area contributed by atoms with Crippen LogP contribution in [0, 0.1) is 0 Å². The van der Waals surface area contributed by atoms with Gasteiger partial charge in [-0.25, -0.2) is 4.98 Å². The molecule has 1 heterocycles. The fourth-order valence-corrected chi connectivity index (χ4v) is 5.31. The smallest absolute Gasteiger partial charge is 0.235 e. The third-order valence-electron chi connectivity index (χ3n) is 3.95. The standard InChI is InChI=1S/C22H23N3O2S3/c1-2-23-18(26)15-29-22-25-20(17-11-7-4-8-12-17)21(30-22)24-19(27)14-28-13-16-9-5-3-6-10-16/h3-12H,2,13-15H2,1H3,(H,23,26)(H,24,27). The van der Waals surface area contributed by atoms with Crippen LogP contribution in [0.2, 0.25) is 0 Å². The van der Waals surface area contributed by atoms with Crippen molar-refractivity contribution >= 4 is 51.7 Å². The molecule has 5 nitrogen and oxygen atoms in total. The monoisotopic (exact) mass is 457 g/mol. The lowest BCUT2D eigenvalue weighted by molar-refractivity contribution is -0.118. The van der Waals surface area contributed by atoms with E-state index in [4.69, 9.17) is 0 Å². The van der Waals surface area contributed by atoms with Crippen molar-refractivity contribution < 1.29 is 9.59 Å². The maximum Gasteiger partial charge on any atom is 0.235 e. The minimum Gasteiger partial charge on any atom is -0.356 e. The van der Waals surface area contributed by atoms with Gasteiger partial charge in [-0.1, -0.05) is 83.8 Å². The van der Waals surface area contributed by atoms with Crippen molar-refractivity contribution in [1.29, 1.82) is 0 Å². The van der Waals surface area contributed by atoms with Crippen LogP contribution >= 0.6 is 34.9 Å². The predicted octanol–water partition coefficient (Wildman–Crippen LogP) is 4.91. The van der Waals surface area contributed by atoms with E-state index in [1.807, 2.05) is 55.5 Å². The number of carbonyl (C=O) groups excluding carboxylic acids is 2. The molecule has 0 aliphatic rings. The first-order valence-electron chi connectivity index (χ1n) is 9.53. The number of thioether (sulfide) groups is 2. The average molecular weight is 458 g/mol. The molecule has 0 aliphatic heterocycles. The quantitative estimate of drug-likeness (QED) is 0.423. The molecule has 2 N–H and O–H groups in total. The molecule has 0 radical (unpaired) electrons. The van der Waals surface area contributed by atoms with E-state index in [0.29, 0.717) is 23.1 Å². The van der Waals surface area contributed by atoms with Gasteiger partial charge in [0.05, 0.1) is 11.5 Å². The summed E-state index contributed by atoms with van der Waals surface area (Å²) in [6.45, 7) is 2.50. The van der Waals surface area contributed by atoms with Crippen LogP contribution in [-0.4, -0.2) is 34.8 Å². The van der Waals surface area contributed by atoms with E-state index < -0.39 is 0 Å². The zero-order valence-corrected chi connectivity index (χ0v) is 19.0. The van der Waals surface area contributed by atoms with Crippen molar-refractivity contribution in [3.63, 3.8) is 0 Å². The number of nitrogens with zero attached hydrogens (tertiary/aromatic N) is 1. The molecule has 3 aromatic rings. The van der Waals surface area contributed by atoms with Gasteiger partial charge in [-0.3, -0.25) is 9.59 Å². The van der Waals surface area contributed by atoms with Crippen molar-refractivity contribution in [2.45, 2.75) is 17.0 Å². The lowest BCUT2D eigenvalue weighted by atomic mass is 10.2. The molecule has 2 aromatic carbocycles. The van der Waals surface area contributed by atoms with E-state index in [9.17, 15) is 9.59 Å². The van der Waals surface area contributed by atoms with Gasteiger partial charge in [-0.2, -0.15) is 0 Å². The zero-order valence-electron chi connectivity index (χ0n) is 16.6. The van der Waals surface area contributed by atoms with Crippen molar-refractivity contribution in [3.8, 4) is 11.3 Å². The summed E-state index contributed by atoms with van der Waals surface area (Å²) in [4.78, 5) is 29.0. The topological polar surface area (TPSA) is 71.1 Å². The molecule has 1 aromatic heterocycles. The van der Waals surface area contributed by atoms with Gasteiger partial charge >= 0.3 is 0 Å². The highest BCUT2D eigenvalue weighted by Gasteiger charge is 2.16.